The molecule has 0 spiro atoms. The molecular formula is C60H113NO13. The van der Waals surface area contributed by atoms with Gasteiger partial charge >= 0.3 is 0 Å². The topological polar surface area (TPSA) is 228 Å². The standard InChI is InChI=1S/C60H113NO13/c1-3-5-7-9-10-11-12-13-14-15-16-17-18-19-20-21-22-23-24-25-26-27-28-29-30-31-32-33-34-35-36-37-38-40-42-44-52(65)61-48(49(64)43-41-39-8-6-4-2)47-71-59-57(70)55(68)58(51(46-63)73-59)74-60-56(69)54(67)53(66)50(45-62)72-60/h12-13,15-16,48-51,53-60,62-64,66-70H,3-11,14,17-47H2,1-2H3,(H,61,65)/b13-12-,16-15-. The zero-order chi connectivity index (χ0) is 53.9. The molecular weight excluding hydrogens is 943 g/mol. The first-order valence-corrected chi connectivity index (χ1v) is 30.6. The Labute approximate surface area is 449 Å². The first-order chi connectivity index (χ1) is 36.1. The van der Waals surface area contributed by atoms with Gasteiger partial charge in [0.15, 0.2) is 12.6 Å². The molecule has 12 atom stereocenters. The maximum atomic E-state index is 13.1. The van der Waals surface area contributed by atoms with E-state index in [1.54, 1.807) is 0 Å². The number of amides is 1. The Balaban J connectivity index is 1.50. The van der Waals surface area contributed by atoms with Crippen LogP contribution in [0.4, 0.5) is 0 Å². The lowest BCUT2D eigenvalue weighted by Crippen LogP contribution is -2.65. The molecule has 0 radical (unpaired) electrons. The zero-order valence-electron chi connectivity index (χ0n) is 46.8. The highest BCUT2D eigenvalue weighted by Gasteiger charge is 2.51. The highest BCUT2D eigenvalue weighted by molar-refractivity contribution is 5.76. The lowest BCUT2D eigenvalue weighted by Gasteiger charge is -2.46. The van der Waals surface area contributed by atoms with Gasteiger partial charge in [0.05, 0.1) is 32.0 Å². The van der Waals surface area contributed by atoms with E-state index in [4.69, 9.17) is 18.9 Å². The van der Waals surface area contributed by atoms with E-state index in [1.807, 2.05) is 0 Å². The largest absolute Gasteiger partial charge is 0.394 e. The summed E-state index contributed by atoms with van der Waals surface area (Å²) in [5, 5.41) is 86.5. The summed E-state index contributed by atoms with van der Waals surface area (Å²) >= 11 is 0. The Kier molecular flexibility index (Phi) is 43.0. The van der Waals surface area contributed by atoms with E-state index < -0.39 is 86.8 Å². The fraction of sp³-hybridized carbons (Fsp3) is 0.917. The number of aliphatic hydroxyl groups is 8. The van der Waals surface area contributed by atoms with E-state index in [9.17, 15) is 45.6 Å². The van der Waals surface area contributed by atoms with Gasteiger partial charge in [-0.1, -0.05) is 231 Å². The molecule has 2 rings (SSSR count). The van der Waals surface area contributed by atoms with Crippen LogP contribution in [-0.2, 0) is 23.7 Å². The molecule has 0 bridgehead atoms. The lowest BCUT2D eigenvalue weighted by molar-refractivity contribution is -0.359. The second-order valence-corrected chi connectivity index (χ2v) is 21.8. The Hall–Kier alpha value is -1.53. The third-order valence-electron chi connectivity index (χ3n) is 15.2. The molecule has 2 saturated heterocycles. The molecule has 2 aliphatic heterocycles. The summed E-state index contributed by atoms with van der Waals surface area (Å²) in [4.78, 5) is 13.1. The number of unbranched alkanes of at least 4 members (excludes halogenated alkanes) is 32. The number of allylic oxidation sites excluding steroid dienone is 4. The van der Waals surface area contributed by atoms with Crippen LogP contribution in [0, 0.1) is 0 Å². The molecule has 74 heavy (non-hydrogen) atoms. The van der Waals surface area contributed by atoms with Crippen LogP contribution in [-0.4, -0.2) is 140 Å². The zero-order valence-corrected chi connectivity index (χ0v) is 46.8. The predicted molar refractivity (Wildman–Crippen MR) is 295 cm³/mol. The monoisotopic (exact) mass is 1060 g/mol. The highest BCUT2D eigenvalue weighted by Crippen LogP contribution is 2.30. The molecule has 436 valence electrons. The molecule has 0 aromatic heterocycles. The summed E-state index contributed by atoms with van der Waals surface area (Å²) in [7, 11) is 0. The number of rotatable bonds is 49. The van der Waals surface area contributed by atoms with Gasteiger partial charge in [0.25, 0.3) is 0 Å². The normalized spacial score (nSPS) is 25.3. The van der Waals surface area contributed by atoms with Crippen molar-refractivity contribution in [2.24, 2.45) is 0 Å². The second kappa shape index (κ2) is 46.4. The number of hydrogen-bond donors (Lipinski definition) is 9. The quantitative estimate of drug-likeness (QED) is 0.0204. The molecule has 0 aliphatic carbocycles. The van der Waals surface area contributed by atoms with E-state index in [-0.39, 0.29) is 12.5 Å². The summed E-state index contributed by atoms with van der Waals surface area (Å²) in [5.74, 6) is -0.210. The molecule has 2 fully saturated rings. The number of aliphatic hydroxyl groups excluding tert-OH is 8. The minimum atomic E-state index is -1.78. The van der Waals surface area contributed by atoms with Gasteiger partial charge in [-0.25, -0.2) is 0 Å². The average molecular weight is 1060 g/mol. The van der Waals surface area contributed by atoms with E-state index >= 15 is 0 Å². The fourth-order valence-corrected chi connectivity index (χ4v) is 10.2. The SMILES string of the molecule is CCCCCCC/C=C\C/C=C\CCCCCCCCCCCCCCCCCCCCCCCCCC(=O)NC(COC1OC(CO)C(OC2OC(CO)C(O)C(O)C2O)C(O)C1O)C(O)CCCCCCC. The Morgan fingerprint density at radius 1 is 0.486 bits per heavy atom. The van der Waals surface area contributed by atoms with Crippen LogP contribution >= 0.6 is 0 Å². The van der Waals surface area contributed by atoms with Crippen LogP contribution in [0.2, 0.25) is 0 Å². The minimum Gasteiger partial charge on any atom is -0.394 e. The van der Waals surface area contributed by atoms with Gasteiger partial charge in [-0.2, -0.15) is 0 Å². The van der Waals surface area contributed by atoms with Gasteiger partial charge in [-0.15, -0.1) is 0 Å². The maximum Gasteiger partial charge on any atom is 0.220 e. The first-order valence-electron chi connectivity index (χ1n) is 30.6. The van der Waals surface area contributed by atoms with Gasteiger partial charge in [-0.3, -0.25) is 4.79 Å². The van der Waals surface area contributed by atoms with Gasteiger partial charge in [0, 0.05) is 6.42 Å². The van der Waals surface area contributed by atoms with Crippen LogP contribution in [0.15, 0.2) is 24.3 Å². The molecule has 1 amide bonds. The van der Waals surface area contributed by atoms with Crippen molar-refractivity contribution >= 4 is 5.91 Å². The molecule has 9 N–H and O–H groups in total. The third kappa shape index (κ3) is 31.8. The molecule has 14 heteroatoms. The fourth-order valence-electron chi connectivity index (χ4n) is 10.2. The molecule has 2 heterocycles. The van der Waals surface area contributed by atoms with Gasteiger partial charge in [0.1, 0.15) is 48.8 Å². The summed E-state index contributed by atoms with van der Waals surface area (Å²) in [6, 6.07) is -0.821. The van der Waals surface area contributed by atoms with Crippen LogP contribution in [0.1, 0.15) is 258 Å². The molecule has 2 aliphatic rings. The van der Waals surface area contributed by atoms with Crippen LogP contribution < -0.4 is 5.32 Å². The van der Waals surface area contributed by atoms with Crippen molar-refractivity contribution in [3.8, 4) is 0 Å². The van der Waals surface area contributed by atoms with E-state index in [2.05, 4.69) is 43.5 Å². The van der Waals surface area contributed by atoms with Crippen molar-refractivity contribution in [1.82, 2.24) is 5.32 Å². The number of ether oxygens (including phenoxy) is 4. The van der Waals surface area contributed by atoms with E-state index in [0.29, 0.717) is 12.8 Å². The number of hydrogen-bond acceptors (Lipinski definition) is 13. The van der Waals surface area contributed by atoms with Crippen molar-refractivity contribution < 1.29 is 64.6 Å². The molecule has 0 aromatic rings. The summed E-state index contributed by atoms with van der Waals surface area (Å²) in [5.41, 5.74) is 0. The maximum absolute atomic E-state index is 13.1. The highest BCUT2D eigenvalue weighted by atomic mass is 16.7. The Morgan fingerprint density at radius 2 is 0.892 bits per heavy atom. The van der Waals surface area contributed by atoms with Crippen molar-refractivity contribution in [2.45, 2.75) is 331 Å². The summed E-state index contributed by atoms with van der Waals surface area (Å²) in [6.45, 7) is 2.76. The van der Waals surface area contributed by atoms with Crippen molar-refractivity contribution in [1.29, 1.82) is 0 Å². The van der Waals surface area contributed by atoms with Gasteiger partial charge in [0.2, 0.25) is 5.91 Å². The minimum absolute atomic E-state index is 0.210. The van der Waals surface area contributed by atoms with Crippen molar-refractivity contribution in [3.05, 3.63) is 24.3 Å². The molecule has 14 nitrogen and oxygen atoms in total. The van der Waals surface area contributed by atoms with Gasteiger partial charge < -0.3 is 65.1 Å². The van der Waals surface area contributed by atoms with Crippen LogP contribution in [0.25, 0.3) is 0 Å². The van der Waals surface area contributed by atoms with E-state index in [0.717, 1.165) is 64.2 Å². The average Bonchev–Trinajstić information content (AvgIpc) is 3.40. The molecule has 0 saturated carbocycles. The number of nitrogens with one attached hydrogen (secondary N) is 1. The third-order valence-corrected chi connectivity index (χ3v) is 15.2. The summed E-state index contributed by atoms with van der Waals surface area (Å²) < 4.78 is 22.7. The first kappa shape index (κ1) is 68.6. The number of carbonyl (C=O) groups is 1. The lowest BCUT2D eigenvalue weighted by atomic mass is 9.97. The smallest absolute Gasteiger partial charge is 0.220 e. The van der Waals surface area contributed by atoms with Gasteiger partial charge in [-0.05, 0) is 44.9 Å². The van der Waals surface area contributed by atoms with E-state index in [1.165, 1.54) is 167 Å². The number of carbonyl (C=O) groups excluding carboxylic acids is 1. The Morgan fingerprint density at radius 3 is 1.35 bits per heavy atom. The van der Waals surface area contributed by atoms with Crippen molar-refractivity contribution in [3.63, 3.8) is 0 Å². The summed E-state index contributed by atoms with van der Waals surface area (Å²) in [6.07, 6.45) is 38.6. The van der Waals surface area contributed by atoms with Crippen LogP contribution in [0.3, 0.4) is 0 Å². The van der Waals surface area contributed by atoms with Crippen LogP contribution in [0.5, 0.6) is 0 Å². The molecule has 0 aromatic carbocycles. The van der Waals surface area contributed by atoms with Crippen molar-refractivity contribution in [2.75, 3.05) is 19.8 Å². The predicted octanol–water partition coefficient (Wildman–Crippen LogP) is 10.4. The Bertz CT molecular complexity index is 1340. The molecule has 12 unspecified atom stereocenters. The second-order valence-electron chi connectivity index (χ2n) is 21.8.